The normalized spacial score (nSPS) is 22.6. The minimum atomic E-state index is -3.48. The van der Waals surface area contributed by atoms with Gasteiger partial charge in [0.25, 0.3) is 0 Å². The molecule has 2 unspecified atom stereocenters. The summed E-state index contributed by atoms with van der Waals surface area (Å²) in [5, 5.41) is 3.04. The van der Waals surface area contributed by atoms with Crippen LogP contribution < -0.4 is 10.0 Å². The van der Waals surface area contributed by atoms with Crippen LogP contribution in [-0.4, -0.2) is 34.7 Å². The number of nitrogens with one attached hydrogen (secondary N) is 2. The van der Waals surface area contributed by atoms with E-state index < -0.39 is 10.0 Å². The van der Waals surface area contributed by atoms with Gasteiger partial charge in [0.05, 0.1) is 11.0 Å². The molecule has 0 amide bonds. The zero-order valence-corrected chi connectivity index (χ0v) is 13.7. The smallest absolute Gasteiger partial charge is 0.241 e. The maximum atomic E-state index is 12.6. The van der Waals surface area contributed by atoms with Crippen molar-refractivity contribution in [1.29, 1.82) is 0 Å². The van der Waals surface area contributed by atoms with Crippen molar-refractivity contribution in [3.63, 3.8) is 0 Å². The van der Waals surface area contributed by atoms with Gasteiger partial charge in [-0.05, 0) is 50.4 Å². The van der Waals surface area contributed by atoms with Gasteiger partial charge in [-0.25, -0.2) is 13.1 Å². The van der Waals surface area contributed by atoms with Gasteiger partial charge in [-0.3, -0.25) is 0 Å². The van der Waals surface area contributed by atoms with E-state index in [1.807, 2.05) is 26.1 Å². The molecule has 21 heavy (non-hydrogen) atoms. The van der Waals surface area contributed by atoms with Crippen molar-refractivity contribution in [2.45, 2.75) is 49.8 Å². The van der Waals surface area contributed by atoms with Crippen LogP contribution in [0.15, 0.2) is 23.1 Å². The van der Waals surface area contributed by atoms with Crippen LogP contribution in [0.25, 0.3) is 0 Å². The van der Waals surface area contributed by atoms with Gasteiger partial charge in [0, 0.05) is 19.7 Å². The van der Waals surface area contributed by atoms with Crippen LogP contribution >= 0.6 is 0 Å². The van der Waals surface area contributed by atoms with Crippen LogP contribution in [0.1, 0.15) is 30.4 Å². The van der Waals surface area contributed by atoms with Crippen molar-refractivity contribution >= 4 is 10.0 Å². The van der Waals surface area contributed by atoms with Gasteiger partial charge in [-0.2, -0.15) is 0 Å². The molecule has 2 rings (SSSR count). The number of sulfonamides is 1. The SMILES string of the molecule is CNCc1ccc(C)c(S(=O)(=O)NC2CCC(OC)C2)c1. The minimum absolute atomic E-state index is 0.0349. The first kappa shape index (κ1) is 16.4. The molecule has 0 saturated heterocycles. The summed E-state index contributed by atoms with van der Waals surface area (Å²) < 4.78 is 33.3. The molecule has 1 aliphatic rings. The van der Waals surface area contributed by atoms with Crippen LogP contribution in [-0.2, 0) is 21.3 Å². The van der Waals surface area contributed by atoms with E-state index >= 15 is 0 Å². The Kier molecular flexibility index (Phi) is 5.37. The van der Waals surface area contributed by atoms with Gasteiger partial charge in [0.1, 0.15) is 0 Å². The molecule has 0 radical (unpaired) electrons. The number of hydrogen-bond donors (Lipinski definition) is 2. The highest BCUT2D eigenvalue weighted by Gasteiger charge is 2.29. The average molecular weight is 312 g/mol. The Morgan fingerprint density at radius 3 is 2.71 bits per heavy atom. The number of hydrogen-bond acceptors (Lipinski definition) is 4. The molecule has 2 N–H and O–H groups in total. The summed E-state index contributed by atoms with van der Waals surface area (Å²) >= 11 is 0. The van der Waals surface area contributed by atoms with Crippen molar-refractivity contribution in [3.8, 4) is 0 Å². The summed E-state index contributed by atoms with van der Waals surface area (Å²) in [5.41, 5.74) is 1.73. The van der Waals surface area contributed by atoms with E-state index in [0.717, 1.165) is 30.4 Å². The van der Waals surface area contributed by atoms with Gasteiger partial charge >= 0.3 is 0 Å². The van der Waals surface area contributed by atoms with E-state index in [1.54, 1.807) is 13.2 Å². The van der Waals surface area contributed by atoms with E-state index in [2.05, 4.69) is 10.0 Å². The molecule has 0 aromatic heterocycles. The molecular weight excluding hydrogens is 288 g/mol. The zero-order valence-electron chi connectivity index (χ0n) is 12.8. The molecule has 0 aliphatic heterocycles. The van der Waals surface area contributed by atoms with Crippen molar-refractivity contribution in [3.05, 3.63) is 29.3 Å². The Labute approximate surface area is 127 Å². The predicted octanol–water partition coefficient (Wildman–Crippen LogP) is 1.56. The molecule has 0 heterocycles. The maximum absolute atomic E-state index is 12.6. The monoisotopic (exact) mass is 312 g/mol. The number of aryl methyl sites for hydroxylation is 1. The summed E-state index contributed by atoms with van der Waals surface area (Å²) in [5.74, 6) is 0. The largest absolute Gasteiger partial charge is 0.381 e. The first-order chi connectivity index (χ1) is 9.96. The number of benzene rings is 1. The molecule has 1 aliphatic carbocycles. The number of methoxy groups -OCH3 is 1. The first-order valence-corrected chi connectivity index (χ1v) is 8.74. The Bertz CT molecular complexity index is 587. The quantitative estimate of drug-likeness (QED) is 0.836. The lowest BCUT2D eigenvalue weighted by Gasteiger charge is -2.15. The first-order valence-electron chi connectivity index (χ1n) is 7.25. The van der Waals surface area contributed by atoms with Gasteiger partial charge in [0.2, 0.25) is 10.0 Å². The highest BCUT2D eigenvalue weighted by atomic mass is 32.2. The Hall–Kier alpha value is -0.950. The summed E-state index contributed by atoms with van der Waals surface area (Å²) in [4.78, 5) is 0.371. The molecular formula is C15H24N2O3S. The van der Waals surface area contributed by atoms with Crippen molar-refractivity contribution < 1.29 is 13.2 Å². The molecule has 1 aromatic rings. The maximum Gasteiger partial charge on any atom is 0.241 e. The van der Waals surface area contributed by atoms with Crippen LogP contribution in [0.5, 0.6) is 0 Å². The topological polar surface area (TPSA) is 67.4 Å². The standard InChI is InChI=1S/C15H24N2O3S/c1-11-4-5-12(10-16-2)8-15(11)21(18,19)17-13-6-7-14(9-13)20-3/h4-5,8,13-14,16-17H,6-7,9-10H2,1-3H3. The van der Waals surface area contributed by atoms with E-state index in [4.69, 9.17) is 4.74 Å². The van der Waals surface area contributed by atoms with Crippen LogP contribution in [0.3, 0.4) is 0 Å². The minimum Gasteiger partial charge on any atom is -0.381 e. The van der Waals surface area contributed by atoms with E-state index in [1.165, 1.54) is 0 Å². The molecule has 1 aromatic carbocycles. The van der Waals surface area contributed by atoms with Gasteiger partial charge in [0.15, 0.2) is 0 Å². The Morgan fingerprint density at radius 1 is 1.33 bits per heavy atom. The Morgan fingerprint density at radius 2 is 2.10 bits per heavy atom. The third kappa shape index (κ3) is 4.03. The van der Waals surface area contributed by atoms with Gasteiger partial charge < -0.3 is 10.1 Å². The average Bonchev–Trinajstić information content (AvgIpc) is 2.88. The zero-order chi connectivity index (χ0) is 15.5. The molecule has 0 bridgehead atoms. The lowest BCUT2D eigenvalue weighted by molar-refractivity contribution is 0.107. The van der Waals surface area contributed by atoms with E-state index in [9.17, 15) is 8.42 Å². The summed E-state index contributed by atoms with van der Waals surface area (Å²) in [6, 6.07) is 5.51. The molecule has 0 spiro atoms. The number of ether oxygens (including phenoxy) is 1. The van der Waals surface area contributed by atoms with Gasteiger partial charge in [-0.1, -0.05) is 12.1 Å². The lowest BCUT2D eigenvalue weighted by atomic mass is 10.1. The number of rotatable bonds is 6. The highest BCUT2D eigenvalue weighted by molar-refractivity contribution is 7.89. The third-order valence-corrected chi connectivity index (χ3v) is 5.63. The molecule has 118 valence electrons. The molecule has 2 atom stereocenters. The van der Waals surface area contributed by atoms with Crippen LogP contribution in [0, 0.1) is 6.92 Å². The summed E-state index contributed by atoms with van der Waals surface area (Å²) in [6.07, 6.45) is 2.63. The fourth-order valence-corrected chi connectivity index (χ4v) is 4.37. The fraction of sp³-hybridized carbons (Fsp3) is 0.600. The van der Waals surface area contributed by atoms with Crippen molar-refractivity contribution in [2.75, 3.05) is 14.2 Å². The van der Waals surface area contributed by atoms with Gasteiger partial charge in [-0.15, -0.1) is 0 Å². The highest BCUT2D eigenvalue weighted by Crippen LogP contribution is 2.24. The van der Waals surface area contributed by atoms with Crippen LogP contribution in [0.2, 0.25) is 0 Å². The Balaban J connectivity index is 2.17. The summed E-state index contributed by atoms with van der Waals surface area (Å²) in [6.45, 7) is 2.47. The van der Waals surface area contributed by atoms with E-state index in [0.29, 0.717) is 11.4 Å². The second kappa shape index (κ2) is 6.87. The summed E-state index contributed by atoms with van der Waals surface area (Å²) in [7, 11) is 0.0363. The lowest BCUT2D eigenvalue weighted by Crippen LogP contribution is -2.34. The predicted molar refractivity (Wildman–Crippen MR) is 82.7 cm³/mol. The fourth-order valence-electron chi connectivity index (χ4n) is 2.79. The third-order valence-electron chi connectivity index (χ3n) is 3.96. The van der Waals surface area contributed by atoms with Crippen molar-refractivity contribution in [1.82, 2.24) is 10.0 Å². The second-order valence-corrected chi connectivity index (χ2v) is 7.30. The molecule has 1 fully saturated rings. The van der Waals surface area contributed by atoms with Crippen molar-refractivity contribution in [2.24, 2.45) is 0 Å². The molecule has 1 saturated carbocycles. The molecule has 6 heteroatoms. The van der Waals surface area contributed by atoms with E-state index in [-0.39, 0.29) is 12.1 Å². The molecule has 5 nitrogen and oxygen atoms in total. The second-order valence-electron chi connectivity index (χ2n) is 5.62. The van der Waals surface area contributed by atoms with Crippen LogP contribution in [0.4, 0.5) is 0 Å².